The van der Waals surface area contributed by atoms with Crippen molar-refractivity contribution in [2.24, 2.45) is 0 Å². The minimum atomic E-state index is 0.762. The Morgan fingerprint density at radius 1 is 1.38 bits per heavy atom. The van der Waals surface area contributed by atoms with E-state index < -0.39 is 0 Å². The highest BCUT2D eigenvalue weighted by atomic mass is 16.5. The van der Waals surface area contributed by atoms with Gasteiger partial charge in [0.05, 0.1) is 19.7 Å². The number of hydrogen-bond donors (Lipinski definition) is 1. The molecule has 0 amide bonds. The van der Waals surface area contributed by atoms with Gasteiger partial charge in [-0.2, -0.15) is 0 Å². The second kappa shape index (κ2) is 7.44. The summed E-state index contributed by atoms with van der Waals surface area (Å²) in [6.07, 6.45) is 0. The molecular formula is C12H22N2O2. The first-order valence-electron chi connectivity index (χ1n) is 5.73. The molecule has 0 aliphatic heterocycles. The molecule has 1 aromatic heterocycles. The molecule has 0 aliphatic carbocycles. The predicted octanol–water partition coefficient (Wildman–Crippen LogP) is 1.47. The maximum absolute atomic E-state index is 5.69. The number of nitrogens with one attached hydrogen (secondary N) is 1. The first-order valence-corrected chi connectivity index (χ1v) is 5.73. The van der Waals surface area contributed by atoms with E-state index in [9.17, 15) is 0 Å². The Labute approximate surface area is 97.6 Å². The van der Waals surface area contributed by atoms with E-state index in [4.69, 9.17) is 9.15 Å². The van der Waals surface area contributed by atoms with E-state index in [1.54, 1.807) is 7.11 Å². The van der Waals surface area contributed by atoms with E-state index in [0.717, 1.165) is 44.3 Å². The summed E-state index contributed by atoms with van der Waals surface area (Å²) in [5.74, 6) is 2.00. The zero-order valence-electron chi connectivity index (χ0n) is 10.5. The zero-order chi connectivity index (χ0) is 11.8. The third-order valence-corrected chi connectivity index (χ3v) is 2.51. The van der Waals surface area contributed by atoms with Gasteiger partial charge in [-0.05, 0) is 25.7 Å². The summed E-state index contributed by atoms with van der Waals surface area (Å²) in [6, 6.07) is 4.07. The van der Waals surface area contributed by atoms with E-state index in [1.807, 2.05) is 19.2 Å². The van der Waals surface area contributed by atoms with Crippen LogP contribution >= 0.6 is 0 Å². The van der Waals surface area contributed by atoms with Crippen molar-refractivity contribution in [3.8, 4) is 0 Å². The van der Waals surface area contributed by atoms with Gasteiger partial charge in [0.15, 0.2) is 0 Å². The molecule has 4 nitrogen and oxygen atoms in total. The minimum Gasteiger partial charge on any atom is -0.463 e. The smallest absolute Gasteiger partial charge is 0.118 e. The fraction of sp³-hybridized carbons (Fsp3) is 0.667. The highest BCUT2D eigenvalue weighted by molar-refractivity contribution is 5.06. The van der Waals surface area contributed by atoms with Gasteiger partial charge in [0.1, 0.15) is 11.5 Å². The minimum absolute atomic E-state index is 0.762. The van der Waals surface area contributed by atoms with Gasteiger partial charge >= 0.3 is 0 Å². The Balaban J connectivity index is 2.43. The Morgan fingerprint density at radius 3 is 2.75 bits per heavy atom. The van der Waals surface area contributed by atoms with Crippen LogP contribution in [0.3, 0.4) is 0 Å². The Kier molecular flexibility index (Phi) is 6.15. The third-order valence-electron chi connectivity index (χ3n) is 2.51. The maximum atomic E-state index is 5.69. The van der Waals surface area contributed by atoms with Crippen molar-refractivity contribution in [1.82, 2.24) is 10.2 Å². The first kappa shape index (κ1) is 13.2. The third kappa shape index (κ3) is 4.35. The number of methoxy groups -OCH3 is 1. The molecule has 1 rings (SSSR count). The lowest BCUT2D eigenvalue weighted by Gasteiger charge is -2.18. The van der Waals surface area contributed by atoms with Crippen molar-refractivity contribution in [3.63, 3.8) is 0 Å². The topological polar surface area (TPSA) is 37.6 Å². The quantitative estimate of drug-likeness (QED) is 0.728. The van der Waals surface area contributed by atoms with Gasteiger partial charge in [-0.3, -0.25) is 4.90 Å². The van der Waals surface area contributed by atoms with Crippen LogP contribution in [0, 0.1) is 0 Å². The van der Waals surface area contributed by atoms with Crippen LogP contribution in [-0.2, 0) is 17.8 Å². The average molecular weight is 226 g/mol. The Hall–Kier alpha value is -0.840. The summed E-state index contributed by atoms with van der Waals surface area (Å²) >= 11 is 0. The standard InChI is InChI=1S/C12H22N2O2/c1-4-14(7-8-15-3)10-12-6-5-11(16-12)9-13-2/h5-6,13H,4,7-10H2,1-3H3. The Bertz CT molecular complexity index is 286. The molecule has 4 heteroatoms. The molecule has 0 saturated heterocycles. The lowest BCUT2D eigenvalue weighted by atomic mass is 10.4. The predicted molar refractivity (Wildman–Crippen MR) is 64.3 cm³/mol. The number of rotatable bonds is 8. The molecule has 0 aliphatic rings. The number of likely N-dealkylation sites (N-methyl/N-ethyl adjacent to an activating group) is 1. The van der Waals surface area contributed by atoms with Crippen molar-refractivity contribution < 1.29 is 9.15 Å². The molecule has 0 atom stereocenters. The fourth-order valence-corrected chi connectivity index (χ4v) is 1.57. The van der Waals surface area contributed by atoms with Crippen LogP contribution in [0.1, 0.15) is 18.4 Å². The summed E-state index contributed by atoms with van der Waals surface area (Å²) in [5.41, 5.74) is 0. The van der Waals surface area contributed by atoms with E-state index in [2.05, 4.69) is 17.1 Å². The van der Waals surface area contributed by atoms with Gasteiger partial charge in [0.25, 0.3) is 0 Å². The van der Waals surface area contributed by atoms with Gasteiger partial charge in [-0.25, -0.2) is 0 Å². The molecule has 0 saturated carbocycles. The van der Waals surface area contributed by atoms with Crippen LogP contribution < -0.4 is 5.32 Å². The lowest BCUT2D eigenvalue weighted by Crippen LogP contribution is -2.26. The molecule has 92 valence electrons. The molecule has 0 radical (unpaired) electrons. The van der Waals surface area contributed by atoms with E-state index in [-0.39, 0.29) is 0 Å². The second-order valence-corrected chi connectivity index (χ2v) is 3.76. The highest BCUT2D eigenvalue weighted by Gasteiger charge is 2.07. The van der Waals surface area contributed by atoms with Crippen LogP contribution in [0.15, 0.2) is 16.5 Å². The van der Waals surface area contributed by atoms with Crippen molar-refractivity contribution in [3.05, 3.63) is 23.7 Å². The SMILES string of the molecule is CCN(CCOC)Cc1ccc(CNC)o1. The summed E-state index contributed by atoms with van der Waals surface area (Å²) in [6.45, 7) is 6.49. The van der Waals surface area contributed by atoms with Crippen molar-refractivity contribution in [1.29, 1.82) is 0 Å². The van der Waals surface area contributed by atoms with E-state index in [0.29, 0.717) is 0 Å². The molecule has 0 bridgehead atoms. The molecule has 0 spiro atoms. The summed E-state index contributed by atoms with van der Waals surface area (Å²) < 4.78 is 10.8. The summed E-state index contributed by atoms with van der Waals surface area (Å²) in [4.78, 5) is 2.30. The molecular weight excluding hydrogens is 204 g/mol. The number of nitrogens with zero attached hydrogens (tertiary/aromatic N) is 1. The maximum Gasteiger partial charge on any atom is 0.118 e. The van der Waals surface area contributed by atoms with Crippen LogP contribution in [0.4, 0.5) is 0 Å². The van der Waals surface area contributed by atoms with Gasteiger partial charge < -0.3 is 14.5 Å². The molecule has 0 fully saturated rings. The van der Waals surface area contributed by atoms with Gasteiger partial charge in [-0.1, -0.05) is 6.92 Å². The lowest BCUT2D eigenvalue weighted by molar-refractivity contribution is 0.142. The summed E-state index contributed by atoms with van der Waals surface area (Å²) in [7, 11) is 3.64. The Morgan fingerprint density at radius 2 is 2.12 bits per heavy atom. The normalized spacial score (nSPS) is 11.2. The molecule has 1 heterocycles. The van der Waals surface area contributed by atoms with Crippen LogP contribution in [-0.4, -0.2) is 38.8 Å². The largest absolute Gasteiger partial charge is 0.463 e. The first-order chi connectivity index (χ1) is 7.80. The second-order valence-electron chi connectivity index (χ2n) is 3.76. The van der Waals surface area contributed by atoms with Gasteiger partial charge in [0.2, 0.25) is 0 Å². The van der Waals surface area contributed by atoms with Crippen LogP contribution in [0.25, 0.3) is 0 Å². The highest BCUT2D eigenvalue weighted by Crippen LogP contribution is 2.10. The molecule has 0 unspecified atom stereocenters. The summed E-state index contributed by atoms with van der Waals surface area (Å²) in [5, 5.41) is 3.07. The monoisotopic (exact) mass is 226 g/mol. The molecule has 0 aromatic carbocycles. The van der Waals surface area contributed by atoms with Crippen molar-refractivity contribution in [2.75, 3.05) is 33.9 Å². The molecule has 1 N–H and O–H groups in total. The number of ether oxygens (including phenoxy) is 1. The molecule has 16 heavy (non-hydrogen) atoms. The van der Waals surface area contributed by atoms with E-state index in [1.165, 1.54) is 0 Å². The van der Waals surface area contributed by atoms with E-state index >= 15 is 0 Å². The molecule has 1 aromatic rings. The van der Waals surface area contributed by atoms with Crippen LogP contribution in [0.2, 0.25) is 0 Å². The van der Waals surface area contributed by atoms with Crippen LogP contribution in [0.5, 0.6) is 0 Å². The number of hydrogen-bond acceptors (Lipinski definition) is 4. The average Bonchev–Trinajstić information content (AvgIpc) is 2.72. The van der Waals surface area contributed by atoms with Gasteiger partial charge in [-0.15, -0.1) is 0 Å². The fourth-order valence-electron chi connectivity index (χ4n) is 1.57. The van der Waals surface area contributed by atoms with Crippen molar-refractivity contribution >= 4 is 0 Å². The van der Waals surface area contributed by atoms with Gasteiger partial charge in [0, 0.05) is 13.7 Å². The number of furan rings is 1. The zero-order valence-corrected chi connectivity index (χ0v) is 10.5. The van der Waals surface area contributed by atoms with Crippen molar-refractivity contribution in [2.45, 2.75) is 20.0 Å².